The van der Waals surface area contributed by atoms with Crippen LogP contribution in [-0.2, 0) is 11.8 Å². The van der Waals surface area contributed by atoms with Crippen LogP contribution in [0, 0.1) is 0 Å². The number of methoxy groups -OCH3 is 1. The number of hydrogen-bond acceptors (Lipinski definition) is 3. The second-order valence-electron chi connectivity index (χ2n) is 6.06. The van der Waals surface area contributed by atoms with Crippen LogP contribution in [0.4, 0.5) is 0 Å². The van der Waals surface area contributed by atoms with Crippen molar-refractivity contribution < 1.29 is 4.74 Å². The van der Waals surface area contributed by atoms with Crippen LogP contribution in [0.3, 0.4) is 0 Å². The summed E-state index contributed by atoms with van der Waals surface area (Å²) in [5, 5.41) is 4.66. The first-order valence-corrected chi connectivity index (χ1v) is 6.79. The molecule has 0 aliphatic carbocycles. The smallest absolute Gasteiger partial charge is 0.136 e. The van der Waals surface area contributed by atoms with Gasteiger partial charge >= 0.3 is 0 Å². The normalized spacial score (nSPS) is 14.1. The van der Waals surface area contributed by atoms with Crippen molar-refractivity contribution in [2.24, 2.45) is 5.10 Å². The third kappa shape index (κ3) is 2.11. The van der Waals surface area contributed by atoms with Crippen LogP contribution in [0.5, 0.6) is 5.75 Å². The standard InChI is InChI=1S/C16H19N3O/c1-16(2,3)14-10-19-15(17-14)9-12(18-19)11-7-5-6-8-13(11)20-4/h5-8,10H,9H2,1-4H3. The summed E-state index contributed by atoms with van der Waals surface area (Å²) in [6, 6.07) is 7.96. The van der Waals surface area contributed by atoms with Gasteiger partial charge in [-0.2, -0.15) is 5.10 Å². The molecule has 1 aromatic carbocycles. The van der Waals surface area contributed by atoms with Crippen LogP contribution in [0.1, 0.15) is 37.9 Å². The molecule has 0 N–H and O–H groups in total. The summed E-state index contributed by atoms with van der Waals surface area (Å²) in [5.74, 6) is 1.85. The summed E-state index contributed by atoms with van der Waals surface area (Å²) in [4.78, 5) is 4.70. The van der Waals surface area contributed by atoms with Gasteiger partial charge in [0.1, 0.15) is 11.6 Å². The van der Waals surface area contributed by atoms with Crippen molar-refractivity contribution in [3.8, 4) is 5.75 Å². The molecule has 3 rings (SSSR count). The summed E-state index contributed by atoms with van der Waals surface area (Å²) >= 11 is 0. The number of hydrogen-bond donors (Lipinski definition) is 0. The fourth-order valence-corrected chi connectivity index (χ4v) is 2.33. The fraction of sp³-hybridized carbons (Fsp3) is 0.375. The van der Waals surface area contributed by atoms with E-state index in [4.69, 9.17) is 9.72 Å². The van der Waals surface area contributed by atoms with E-state index in [1.807, 2.05) is 35.1 Å². The number of ether oxygens (including phenoxy) is 1. The molecule has 0 spiro atoms. The van der Waals surface area contributed by atoms with E-state index in [2.05, 4.69) is 25.9 Å². The minimum atomic E-state index is 0.0530. The number of benzene rings is 1. The Kier molecular flexibility index (Phi) is 2.89. The zero-order valence-electron chi connectivity index (χ0n) is 12.3. The van der Waals surface area contributed by atoms with Crippen LogP contribution < -0.4 is 4.74 Å². The van der Waals surface area contributed by atoms with E-state index in [0.717, 1.165) is 35.0 Å². The second kappa shape index (κ2) is 4.47. The maximum absolute atomic E-state index is 5.40. The largest absolute Gasteiger partial charge is 0.496 e. The van der Waals surface area contributed by atoms with E-state index in [9.17, 15) is 0 Å². The van der Waals surface area contributed by atoms with Crippen molar-refractivity contribution in [2.45, 2.75) is 32.6 Å². The average molecular weight is 269 g/mol. The third-order valence-electron chi connectivity index (χ3n) is 3.50. The highest BCUT2D eigenvalue weighted by atomic mass is 16.5. The second-order valence-corrected chi connectivity index (χ2v) is 6.06. The molecule has 0 unspecified atom stereocenters. The number of rotatable bonds is 2. The molecule has 0 saturated carbocycles. The Hall–Kier alpha value is -2.10. The predicted octanol–water partition coefficient (Wildman–Crippen LogP) is 3.00. The molecule has 0 amide bonds. The lowest BCUT2D eigenvalue weighted by molar-refractivity contribution is 0.414. The number of imidazole rings is 1. The summed E-state index contributed by atoms with van der Waals surface area (Å²) in [5.41, 5.74) is 3.18. The minimum Gasteiger partial charge on any atom is -0.496 e. The molecule has 4 heteroatoms. The van der Waals surface area contributed by atoms with Gasteiger partial charge in [-0.3, -0.25) is 0 Å². The highest BCUT2D eigenvalue weighted by Crippen LogP contribution is 2.27. The summed E-state index contributed by atoms with van der Waals surface area (Å²) in [6.07, 6.45) is 2.77. The van der Waals surface area contributed by atoms with Crippen LogP contribution >= 0.6 is 0 Å². The topological polar surface area (TPSA) is 39.4 Å². The van der Waals surface area contributed by atoms with Gasteiger partial charge in [0.2, 0.25) is 0 Å². The maximum Gasteiger partial charge on any atom is 0.136 e. The lowest BCUT2D eigenvalue weighted by Crippen LogP contribution is -2.12. The lowest BCUT2D eigenvalue weighted by atomic mass is 9.93. The Bertz CT molecular complexity index is 677. The van der Waals surface area contributed by atoms with Gasteiger partial charge in [0.15, 0.2) is 0 Å². The van der Waals surface area contributed by atoms with E-state index >= 15 is 0 Å². The van der Waals surface area contributed by atoms with Gasteiger partial charge in [0, 0.05) is 11.0 Å². The number of fused-ring (bicyclic) bond motifs is 1. The van der Waals surface area contributed by atoms with Crippen LogP contribution in [0.15, 0.2) is 35.6 Å². The van der Waals surface area contributed by atoms with Gasteiger partial charge in [-0.05, 0) is 12.1 Å². The van der Waals surface area contributed by atoms with Crippen molar-refractivity contribution in [3.05, 3.63) is 47.5 Å². The molecule has 2 aromatic rings. The van der Waals surface area contributed by atoms with Crippen molar-refractivity contribution in [1.29, 1.82) is 0 Å². The van der Waals surface area contributed by atoms with Gasteiger partial charge in [0.25, 0.3) is 0 Å². The van der Waals surface area contributed by atoms with E-state index in [-0.39, 0.29) is 5.41 Å². The van der Waals surface area contributed by atoms with E-state index in [1.54, 1.807) is 7.11 Å². The lowest BCUT2D eigenvalue weighted by Gasteiger charge is -2.14. The molecule has 0 radical (unpaired) electrons. The number of para-hydroxylation sites is 1. The maximum atomic E-state index is 5.40. The first-order chi connectivity index (χ1) is 9.49. The Morgan fingerprint density at radius 1 is 1.20 bits per heavy atom. The molecular formula is C16H19N3O. The monoisotopic (exact) mass is 269 g/mol. The molecule has 0 saturated heterocycles. The van der Waals surface area contributed by atoms with E-state index in [1.165, 1.54) is 0 Å². The fourth-order valence-electron chi connectivity index (χ4n) is 2.33. The Labute approximate surface area is 119 Å². The van der Waals surface area contributed by atoms with Gasteiger partial charge < -0.3 is 4.74 Å². The van der Waals surface area contributed by atoms with Crippen molar-refractivity contribution in [2.75, 3.05) is 7.11 Å². The van der Waals surface area contributed by atoms with Crippen molar-refractivity contribution in [1.82, 2.24) is 9.66 Å². The predicted molar refractivity (Wildman–Crippen MR) is 79.6 cm³/mol. The molecule has 1 aromatic heterocycles. The molecule has 20 heavy (non-hydrogen) atoms. The molecule has 104 valence electrons. The van der Waals surface area contributed by atoms with Gasteiger partial charge in [-0.1, -0.05) is 32.9 Å². The number of nitrogens with zero attached hydrogens (tertiary/aromatic N) is 3. The van der Waals surface area contributed by atoms with Crippen LogP contribution in [0.2, 0.25) is 0 Å². The summed E-state index contributed by atoms with van der Waals surface area (Å²) in [7, 11) is 1.69. The van der Waals surface area contributed by atoms with Gasteiger partial charge in [0.05, 0.1) is 31.1 Å². The van der Waals surface area contributed by atoms with Crippen LogP contribution in [-0.4, -0.2) is 22.5 Å². The SMILES string of the molecule is COc1ccccc1C1=Nn2cc(C(C)(C)C)nc2C1. The summed E-state index contributed by atoms with van der Waals surface area (Å²) in [6.45, 7) is 6.49. The van der Waals surface area contributed by atoms with Crippen molar-refractivity contribution in [3.63, 3.8) is 0 Å². The molecular weight excluding hydrogens is 250 g/mol. The third-order valence-corrected chi connectivity index (χ3v) is 3.50. The minimum absolute atomic E-state index is 0.0530. The first kappa shape index (κ1) is 12.9. The Morgan fingerprint density at radius 3 is 2.60 bits per heavy atom. The quantitative estimate of drug-likeness (QED) is 0.840. The zero-order valence-corrected chi connectivity index (χ0v) is 12.3. The van der Waals surface area contributed by atoms with E-state index in [0.29, 0.717) is 0 Å². The highest BCUT2D eigenvalue weighted by molar-refractivity contribution is 6.04. The Balaban J connectivity index is 1.97. The zero-order chi connectivity index (χ0) is 14.3. The molecule has 2 heterocycles. The molecule has 0 bridgehead atoms. The van der Waals surface area contributed by atoms with E-state index < -0.39 is 0 Å². The average Bonchev–Trinajstić information content (AvgIpc) is 2.96. The first-order valence-electron chi connectivity index (χ1n) is 6.79. The summed E-state index contributed by atoms with van der Waals surface area (Å²) < 4.78 is 7.29. The van der Waals surface area contributed by atoms with Crippen LogP contribution in [0.25, 0.3) is 0 Å². The molecule has 1 aliphatic rings. The number of aromatic nitrogens is 2. The van der Waals surface area contributed by atoms with Gasteiger partial charge in [-0.15, -0.1) is 0 Å². The van der Waals surface area contributed by atoms with Crippen molar-refractivity contribution >= 4 is 5.71 Å². The molecule has 0 fully saturated rings. The Morgan fingerprint density at radius 2 is 1.95 bits per heavy atom. The molecule has 1 aliphatic heterocycles. The highest BCUT2D eigenvalue weighted by Gasteiger charge is 2.25. The van der Waals surface area contributed by atoms with Gasteiger partial charge in [-0.25, -0.2) is 9.66 Å². The molecule has 4 nitrogen and oxygen atoms in total. The molecule has 0 atom stereocenters.